The van der Waals surface area contributed by atoms with Crippen molar-refractivity contribution in [1.29, 1.82) is 0 Å². The van der Waals surface area contributed by atoms with Crippen LogP contribution in [0.5, 0.6) is 0 Å². The maximum absolute atomic E-state index is 11.7. The Hall–Kier alpha value is -2.56. The summed E-state index contributed by atoms with van der Waals surface area (Å²) in [5, 5.41) is 0. The summed E-state index contributed by atoms with van der Waals surface area (Å²) < 4.78 is 4.99. The number of hydrogen-bond donors (Lipinski definition) is 1. The molecule has 1 fully saturated rings. The lowest BCUT2D eigenvalue weighted by molar-refractivity contribution is 0.181. The number of amides is 1. The summed E-state index contributed by atoms with van der Waals surface area (Å²) in [4.78, 5) is 21.1. The zero-order chi connectivity index (χ0) is 13.5. The number of aromatic amines is 1. The minimum absolute atomic E-state index is 0.277. The Morgan fingerprint density at radius 1 is 1.30 bits per heavy atom. The van der Waals surface area contributed by atoms with E-state index in [1.807, 2.05) is 36.5 Å². The molecule has 1 aromatic carbocycles. The quantitative estimate of drug-likeness (QED) is 0.907. The summed E-state index contributed by atoms with van der Waals surface area (Å²) in [7, 11) is 0. The van der Waals surface area contributed by atoms with Crippen LogP contribution in [0.15, 0.2) is 41.5 Å². The van der Waals surface area contributed by atoms with Crippen LogP contribution in [0, 0.1) is 0 Å². The molecule has 0 aliphatic carbocycles. The van der Waals surface area contributed by atoms with Crippen LogP contribution in [0.4, 0.5) is 10.5 Å². The number of nitrogens with one attached hydrogen (secondary N) is 1. The summed E-state index contributed by atoms with van der Waals surface area (Å²) in [6, 6.07) is 9.98. The van der Waals surface area contributed by atoms with Crippen molar-refractivity contribution in [2.45, 2.75) is 6.54 Å². The highest BCUT2D eigenvalue weighted by Crippen LogP contribution is 2.28. The Balaban J connectivity index is 1.76. The molecule has 1 aromatic heterocycles. The average molecular weight is 267 g/mol. The van der Waals surface area contributed by atoms with Crippen LogP contribution in [0.3, 0.4) is 0 Å². The number of H-pyrrole nitrogens is 1. The fraction of sp³-hybridized carbons (Fsp3) is 0.200. The number of nitrogens with zero attached hydrogens (tertiary/aromatic N) is 2. The van der Waals surface area contributed by atoms with E-state index in [0.29, 0.717) is 19.7 Å². The van der Waals surface area contributed by atoms with E-state index in [1.54, 1.807) is 4.90 Å². The van der Waals surface area contributed by atoms with Gasteiger partial charge in [0.2, 0.25) is 0 Å². The van der Waals surface area contributed by atoms with E-state index < -0.39 is 0 Å². The number of anilines is 1. The molecule has 2 aliphatic heterocycles. The van der Waals surface area contributed by atoms with Gasteiger partial charge in [-0.2, -0.15) is 0 Å². The Morgan fingerprint density at radius 2 is 2.25 bits per heavy atom. The molecular formula is C15H13N3O2. The van der Waals surface area contributed by atoms with Crippen molar-refractivity contribution in [1.82, 2.24) is 4.98 Å². The third-order valence-corrected chi connectivity index (χ3v) is 3.68. The van der Waals surface area contributed by atoms with Crippen molar-refractivity contribution >= 4 is 17.5 Å². The molecule has 0 spiro atoms. The van der Waals surface area contributed by atoms with Crippen molar-refractivity contribution in [3.63, 3.8) is 0 Å². The van der Waals surface area contributed by atoms with Gasteiger partial charge < -0.3 is 9.72 Å². The molecule has 2 aromatic rings. The highest BCUT2D eigenvalue weighted by atomic mass is 16.6. The third kappa shape index (κ3) is 1.63. The van der Waals surface area contributed by atoms with E-state index in [9.17, 15) is 4.79 Å². The van der Waals surface area contributed by atoms with E-state index >= 15 is 0 Å². The number of benzene rings is 1. The van der Waals surface area contributed by atoms with Gasteiger partial charge in [-0.25, -0.2) is 4.79 Å². The smallest absolute Gasteiger partial charge is 0.414 e. The molecule has 5 nitrogen and oxygen atoms in total. The first-order valence-corrected chi connectivity index (χ1v) is 6.59. The van der Waals surface area contributed by atoms with E-state index in [-0.39, 0.29) is 6.09 Å². The minimum atomic E-state index is -0.277. The molecule has 3 heterocycles. The molecular weight excluding hydrogens is 254 g/mol. The van der Waals surface area contributed by atoms with Gasteiger partial charge in [0.25, 0.3) is 0 Å². The second kappa shape index (κ2) is 4.23. The summed E-state index contributed by atoms with van der Waals surface area (Å²) in [6.07, 6.45) is 1.61. The Labute approximate surface area is 115 Å². The molecule has 1 saturated heterocycles. The Kier molecular flexibility index (Phi) is 2.39. The van der Waals surface area contributed by atoms with Gasteiger partial charge in [-0.05, 0) is 29.8 Å². The van der Waals surface area contributed by atoms with Crippen molar-refractivity contribution in [2.24, 2.45) is 4.99 Å². The van der Waals surface area contributed by atoms with Crippen LogP contribution in [0.2, 0.25) is 0 Å². The SMILES string of the molecule is O=C1OCCN1c1ccc2c(c1)C(c1ccc[nH]1)=NC2. The number of hydrogen-bond acceptors (Lipinski definition) is 3. The fourth-order valence-corrected chi connectivity index (χ4v) is 2.68. The second-order valence-electron chi connectivity index (χ2n) is 4.86. The maximum Gasteiger partial charge on any atom is 0.414 e. The molecule has 100 valence electrons. The zero-order valence-corrected chi connectivity index (χ0v) is 10.8. The lowest BCUT2D eigenvalue weighted by atomic mass is 10.0. The third-order valence-electron chi connectivity index (χ3n) is 3.68. The zero-order valence-electron chi connectivity index (χ0n) is 10.8. The number of cyclic esters (lactones) is 1. The van der Waals surface area contributed by atoms with Gasteiger partial charge in [0.05, 0.1) is 24.5 Å². The number of fused-ring (bicyclic) bond motifs is 1. The highest BCUT2D eigenvalue weighted by molar-refractivity contribution is 6.14. The number of ether oxygens (including phenoxy) is 1. The lowest BCUT2D eigenvalue weighted by Gasteiger charge is -2.14. The first-order valence-electron chi connectivity index (χ1n) is 6.59. The van der Waals surface area contributed by atoms with Crippen LogP contribution in [0.1, 0.15) is 16.8 Å². The molecule has 0 atom stereocenters. The van der Waals surface area contributed by atoms with Crippen molar-refractivity contribution in [3.05, 3.63) is 53.3 Å². The largest absolute Gasteiger partial charge is 0.447 e. The number of aliphatic imine (C=N–C) groups is 1. The molecule has 0 unspecified atom stereocenters. The van der Waals surface area contributed by atoms with Crippen molar-refractivity contribution in [2.75, 3.05) is 18.1 Å². The number of rotatable bonds is 2. The predicted octanol–water partition coefficient (Wildman–Crippen LogP) is 2.32. The molecule has 1 N–H and O–H groups in total. The van der Waals surface area contributed by atoms with Gasteiger partial charge in [0.1, 0.15) is 6.61 Å². The van der Waals surface area contributed by atoms with Gasteiger partial charge in [-0.1, -0.05) is 6.07 Å². The van der Waals surface area contributed by atoms with Crippen LogP contribution in [-0.4, -0.2) is 29.9 Å². The number of aromatic nitrogens is 1. The topological polar surface area (TPSA) is 57.7 Å². The minimum Gasteiger partial charge on any atom is -0.447 e. The number of carbonyl (C=O) groups excluding carboxylic acids is 1. The van der Waals surface area contributed by atoms with Gasteiger partial charge in [-0.15, -0.1) is 0 Å². The normalized spacial score (nSPS) is 17.1. The van der Waals surface area contributed by atoms with Gasteiger partial charge in [0, 0.05) is 17.4 Å². The second-order valence-corrected chi connectivity index (χ2v) is 4.86. The van der Waals surface area contributed by atoms with Crippen LogP contribution in [0.25, 0.3) is 0 Å². The summed E-state index contributed by atoms with van der Waals surface area (Å²) >= 11 is 0. The van der Waals surface area contributed by atoms with E-state index in [2.05, 4.69) is 9.98 Å². The molecule has 20 heavy (non-hydrogen) atoms. The van der Waals surface area contributed by atoms with E-state index in [4.69, 9.17) is 4.74 Å². The first-order chi connectivity index (χ1) is 9.83. The van der Waals surface area contributed by atoms with Crippen LogP contribution in [-0.2, 0) is 11.3 Å². The molecule has 0 saturated carbocycles. The molecule has 2 aliphatic rings. The van der Waals surface area contributed by atoms with Crippen molar-refractivity contribution in [3.8, 4) is 0 Å². The van der Waals surface area contributed by atoms with Crippen LogP contribution < -0.4 is 4.90 Å². The summed E-state index contributed by atoms with van der Waals surface area (Å²) in [6.45, 7) is 1.74. The highest BCUT2D eigenvalue weighted by Gasteiger charge is 2.26. The predicted molar refractivity (Wildman–Crippen MR) is 75.3 cm³/mol. The Morgan fingerprint density at radius 3 is 3.00 bits per heavy atom. The molecule has 4 rings (SSSR count). The number of carbonyl (C=O) groups is 1. The van der Waals surface area contributed by atoms with Crippen LogP contribution >= 0.6 is 0 Å². The molecule has 1 amide bonds. The van der Waals surface area contributed by atoms with Gasteiger partial charge >= 0.3 is 6.09 Å². The average Bonchev–Trinajstić information content (AvgIpc) is 3.17. The van der Waals surface area contributed by atoms with E-state index in [0.717, 1.165) is 22.7 Å². The van der Waals surface area contributed by atoms with Gasteiger partial charge in [0.15, 0.2) is 0 Å². The Bertz CT molecular complexity index is 704. The van der Waals surface area contributed by atoms with Gasteiger partial charge in [-0.3, -0.25) is 9.89 Å². The standard InChI is InChI=1S/C15H13N3O2/c19-15-18(6-7-20-15)11-4-3-10-9-17-14(12(10)8-11)13-2-1-5-16-13/h1-5,8,16H,6-7,9H2. The lowest BCUT2D eigenvalue weighted by Crippen LogP contribution is -2.23. The summed E-state index contributed by atoms with van der Waals surface area (Å²) in [5.74, 6) is 0. The molecule has 5 heteroatoms. The maximum atomic E-state index is 11.7. The van der Waals surface area contributed by atoms with E-state index in [1.165, 1.54) is 5.56 Å². The fourth-order valence-electron chi connectivity index (χ4n) is 2.68. The molecule has 0 bridgehead atoms. The monoisotopic (exact) mass is 267 g/mol. The van der Waals surface area contributed by atoms with Crippen molar-refractivity contribution < 1.29 is 9.53 Å². The first kappa shape index (κ1) is 11.3. The molecule has 0 radical (unpaired) electrons. The summed E-state index contributed by atoms with van der Waals surface area (Å²) in [5.41, 5.74) is 5.10.